The molecule has 1 aromatic carbocycles. The van der Waals surface area contributed by atoms with Gasteiger partial charge < -0.3 is 0 Å². The third-order valence-electron chi connectivity index (χ3n) is 1.29. The quantitative estimate of drug-likeness (QED) is 0.567. The van der Waals surface area contributed by atoms with E-state index in [4.69, 9.17) is 0 Å². The van der Waals surface area contributed by atoms with Gasteiger partial charge in [0.1, 0.15) is 0 Å². The summed E-state index contributed by atoms with van der Waals surface area (Å²) in [7, 11) is 0.182. The molecule has 0 aliphatic carbocycles. The van der Waals surface area contributed by atoms with E-state index in [2.05, 4.69) is 67.2 Å². The molecule has 0 heterocycles. The van der Waals surface area contributed by atoms with Crippen molar-refractivity contribution in [3.8, 4) is 0 Å². The third kappa shape index (κ3) is 12.3. The second kappa shape index (κ2) is 7.65. The predicted octanol–water partition coefficient (Wildman–Crippen LogP) is 4.20. The van der Waals surface area contributed by atoms with Gasteiger partial charge in [-0.3, -0.25) is 0 Å². The Balaban J connectivity index is 0.000000423. The average Bonchev–Trinajstić information content (AvgIpc) is 2.01. The molecule has 15 heavy (non-hydrogen) atoms. The first-order valence-electron chi connectivity index (χ1n) is 5.41. The van der Waals surface area contributed by atoms with Crippen LogP contribution in [0.2, 0.25) is 36.9 Å². The maximum absolute atomic E-state index is 2.42. The van der Waals surface area contributed by atoms with Crippen LogP contribution in [0.25, 0.3) is 0 Å². The molecule has 0 spiro atoms. The summed E-state index contributed by atoms with van der Waals surface area (Å²) in [4.78, 5) is 0. The zero-order valence-corrected chi connectivity index (χ0v) is 15.0. The molecule has 0 nitrogen and oxygen atoms in total. The zero-order valence-electron chi connectivity index (χ0n) is 10.9. The van der Waals surface area contributed by atoms with E-state index in [1.165, 1.54) is 5.30 Å². The predicted molar refractivity (Wildman–Crippen MR) is 81.1 cm³/mol. The van der Waals surface area contributed by atoms with Crippen LogP contribution in [-0.4, -0.2) is 22.1 Å². The van der Waals surface area contributed by atoms with Crippen molar-refractivity contribution in [3.63, 3.8) is 0 Å². The van der Waals surface area contributed by atoms with Gasteiger partial charge in [0, 0.05) is 0 Å². The van der Waals surface area contributed by atoms with E-state index in [1.807, 2.05) is 0 Å². The fraction of sp³-hybridized carbons (Fsp3) is 0.500. The maximum atomic E-state index is 2.42. The van der Waals surface area contributed by atoms with Gasteiger partial charge in [-0.1, -0.05) is 50.0 Å². The second-order valence-corrected chi connectivity index (χ2v) is 22.1. The Labute approximate surface area is 103 Å². The molecule has 1 unspecified atom stereocenters. The van der Waals surface area contributed by atoms with Crippen molar-refractivity contribution in [3.05, 3.63) is 30.3 Å². The summed E-state index contributed by atoms with van der Waals surface area (Å²) >= 11 is -0.333. The van der Waals surface area contributed by atoms with Crippen LogP contribution < -0.4 is 5.30 Å². The van der Waals surface area contributed by atoms with Crippen molar-refractivity contribution >= 4 is 35.5 Å². The molecule has 3 heteroatoms. The summed E-state index contributed by atoms with van der Waals surface area (Å²) < 4.78 is 0. The van der Waals surface area contributed by atoms with Crippen molar-refractivity contribution in [2.45, 2.75) is 36.9 Å². The molecule has 0 aromatic heterocycles. The molecule has 0 fully saturated rings. The fourth-order valence-electron chi connectivity index (χ4n) is 0.954. The molecule has 0 aliphatic heterocycles. The van der Waals surface area contributed by atoms with Gasteiger partial charge in [-0.2, -0.15) is 0 Å². The van der Waals surface area contributed by atoms with E-state index in [-0.39, 0.29) is 14.3 Å². The normalized spacial score (nSPS) is 11.7. The van der Waals surface area contributed by atoms with Crippen LogP contribution in [0.4, 0.5) is 0 Å². The summed E-state index contributed by atoms with van der Waals surface area (Å²) in [5.41, 5.74) is 0. The van der Waals surface area contributed by atoms with Gasteiger partial charge in [0.15, 0.2) is 0 Å². The average molecular weight is 300 g/mol. The van der Waals surface area contributed by atoms with Gasteiger partial charge in [0.05, 0.1) is 7.74 Å². The van der Waals surface area contributed by atoms with E-state index in [0.717, 1.165) is 8.13 Å². The Bertz CT molecular complexity index is 251. The van der Waals surface area contributed by atoms with Crippen molar-refractivity contribution in [2.75, 3.05) is 0 Å². The van der Waals surface area contributed by atoms with E-state index in [1.54, 1.807) is 0 Å². The number of benzene rings is 1. The topological polar surface area (TPSA) is 0 Å². The molecular weight excluding hydrogens is 276 g/mol. The Morgan fingerprint density at radius 2 is 1.33 bits per heavy atom. The molecule has 1 rings (SSSR count). The molecule has 0 saturated heterocycles. The summed E-state index contributed by atoms with van der Waals surface area (Å²) in [5, 5.41) is 1.52. The minimum atomic E-state index is -0.870. The van der Waals surface area contributed by atoms with Gasteiger partial charge >= 0.3 is 31.6 Å². The van der Waals surface area contributed by atoms with Gasteiger partial charge in [-0.05, 0) is 5.30 Å². The zero-order chi connectivity index (χ0) is 11.9. The Kier molecular flexibility index (Phi) is 7.85. The van der Waals surface area contributed by atoms with E-state index in [0.29, 0.717) is 0 Å². The first kappa shape index (κ1) is 15.4. The number of hydrogen-bond acceptors (Lipinski definition) is 0. The van der Waals surface area contributed by atoms with Gasteiger partial charge in [-0.25, -0.2) is 0 Å². The Hall–Kier alpha value is 0.410. The first-order chi connectivity index (χ1) is 6.81. The van der Waals surface area contributed by atoms with Crippen LogP contribution in [0, 0.1) is 0 Å². The summed E-state index contributed by atoms with van der Waals surface area (Å²) in [5.74, 6) is 7.00. The molecule has 1 aromatic rings. The van der Waals surface area contributed by atoms with Crippen LogP contribution in [0.15, 0.2) is 30.3 Å². The van der Waals surface area contributed by atoms with Crippen LogP contribution in [0.1, 0.15) is 0 Å². The van der Waals surface area contributed by atoms with E-state index < -0.39 is 7.74 Å². The number of hydrogen-bond donors (Lipinski definition) is 0. The van der Waals surface area contributed by atoms with Gasteiger partial charge in [0.2, 0.25) is 0 Å². The van der Waals surface area contributed by atoms with Crippen molar-refractivity contribution < 1.29 is 0 Å². The molecule has 1 radical (unpaired) electrons. The van der Waals surface area contributed by atoms with Crippen molar-refractivity contribution in [1.82, 2.24) is 0 Å². The van der Waals surface area contributed by atoms with Crippen LogP contribution in [0.5, 0.6) is 0 Å². The summed E-state index contributed by atoms with van der Waals surface area (Å²) in [6.07, 6.45) is 0. The Morgan fingerprint density at radius 3 is 1.67 bits per heavy atom. The standard InChI is InChI=1S/C9H15PSi.C3H9Ge/c1-11(2,3)10-9-7-5-4-6-8-9;1-4(2)3/h4-8,10H,1-3H3;1-3H3. The molecule has 1 atom stereocenters. The molecule has 0 bridgehead atoms. The molecule has 0 amide bonds. The fourth-order valence-corrected chi connectivity index (χ4v) is 5.28. The molecular formula is C12H24GePSi. The molecule has 0 aliphatic rings. The second-order valence-electron chi connectivity index (χ2n) is 5.24. The van der Waals surface area contributed by atoms with Crippen molar-refractivity contribution in [2.24, 2.45) is 0 Å². The molecule has 85 valence electrons. The first-order valence-corrected chi connectivity index (χ1v) is 17.2. The van der Waals surface area contributed by atoms with Crippen LogP contribution >= 0.6 is 8.13 Å². The number of rotatable bonds is 2. The van der Waals surface area contributed by atoms with Crippen molar-refractivity contribution in [1.29, 1.82) is 0 Å². The van der Waals surface area contributed by atoms with E-state index >= 15 is 0 Å². The SMILES string of the molecule is C[Si](C)(C)Pc1ccccc1.[CH3][Ge]([CH3])[CH3]. The van der Waals surface area contributed by atoms with E-state index in [9.17, 15) is 0 Å². The molecule has 0 N–H and O–H groups in total. The summed E-state index contributed by atoms with van der Waals surface area (Å²) in [6.45, 7) is 7.25. The van der Waals surface area contributed by atoms with Crippen LogP contribution in [-0.2, 0) is 0 Å². The Morgan fingerprint density at radius 1 is 0.933 bits per heavy atom. The minimum absolute atomic E-state index is 0.333. The third-order valence-corrected chi connectivity index (χ3v) is 5.78. The van der Waals surface area contributed by atoms with Gasteiger partial charge in [0.25, 0.3) is 0 Å². The van der Waals surface area contributed by atoms with Crippen LogP contribution in [0.3, 0.4) is 0 Å². The monoisotopic (exact) mass is 301 g/mol. The van der Waals surface area contributed by atoms with Gasteiger partial charge in [-0.15, -0.1) is 8.13 Å². The summed E-state index contributed by atoms with van der Waals surface area (Å²) in [6, 6.07) is 10.8. The molecule has 0 saturated carbocycles.